The highest BCUT2D eigenvalue weighted by Gasteiger charge is 2.02. The summed E-state index contributed by atoms with van der Waals surface area (Å²) in [6.07, 6.45) is 2.43. The van der Waals surface area contributed by atoms with Crippen LogP contribution in [0.5, 0.6) is 0 Å². The molecule has 0 fully saturated rings. The van der Waals surface area contributed by atoms with Gasteiger partial charge in [0.05, 0.1) is 0 Å². The molecule has 0 aromatic heterocycles. The molecule has 0 aliphatic rings. The molecule has 0 spiro atoms. The fraction of sp³-hybridized carbons (Fsp3) is 0.875. The van der Waals surface area contributed by atoms with Crippen molar-refractivity contribution in [2.45, 2.75) is 39.7 Å². The minimum absolute atomic E-state index is 0.490. The standard InChI is InChI=1S/C8H18N2/c1-5-6-7-10(9-4)8(2)3/h8H,4-7H2,1-3H3. The van der Waals surface area contributed by atoms with Crippen molar-refractivity contribution in [2.24, 2.45) is 5.10 Å². The highest BCUT2D eigenvalue weighted by atomic mass is 15.5. The van der Waals surface area contributed by atoms with Crippen molar-refractivity contribution in [3.8, 4) is 0 Å². The second kappa shape index (κ2) is 5.27. The molecule has 10 heavy (non-hydrogen) atoms. The molecule has 0 amide bonds. The first-order chi connectivity index (χ1) is 4.72. The first-order valence-corrected chi connectivity index (χ1v) is 3.95. The third kappa shape index (κ3) is 3.49. The van der Waals surface area contributed by atoms with Crippen LogP contribution in [-0.2, 0) is 0 Å². The van der Waals surface area contributed by atoms with Crippen molar-refractivity contribution < 1.29 is 0 Å². The van der Waals surface area contributed by atoms with Gasteiger partial charge in [0.1, 0.15) is 0 Å². The molecule has 0 saturated carbocycles. The van der Waals surface area contributed by atoms with E-state index in [1.54, 1.807) is 0 Å². The lowest BCUT2D eigenvalue weighted by atomic mass is 10.3. The molecule has 0 unspecified atom stereocenters. The normalized spacial score (nSPS) is 10.0. The van der Waals surface area contributed by atoms with E-state index >= 15 is 0 Å². The maximum Gasteiger partial charge on any atom is 0.0414 e. The Morgan fingerprint density at radius 1 is 1.50 bits per heavy atom. The number of unbranched alkanes of at least 4 members (excludes halogenated alkanes) is 1. The number of rotatable bonds is 5. The van der Waals surface area contributed by atoms with Gasteiger partial charge in [0.15, 0.2) is 0 Å². The molecular formula is C8H18N2. The predicted molar refractivity (Wildman–Crippen MR) is 46.3 cm³/mol. The average molecular weight is 142 g/mol. The van der Waals surface area contributed by atoms with Crippen molar-refractivity contribution in [3.05, 3.63) is 0 Å². The smallest absolute Gasteiger partial charge is 0.0414 e. The van der Waals surface area contributed by atoms with E-state index in [-0.39, 0.29) is 0 Å². The van der Waals surface area contributed by atoms with E-state index in [2.05, 4.69) is 32.6 Å². The second-order valence-corrected chi connectivity index (χ2v) is 2.75. The van der Waals surface area contributed by atoms with Crippen molar-refractivity contribution in [1.29, 1.82) is 0 Å². The fourth-order valence-electron chi connectivity index (χ4n) is 0.812. The molecule has 0 aromatic rings. The Labute approximate surface area is 63.9 Å². The van der Waals surface area contributed by atoms with Gasteiger partial charge in [-0.25, -0.2) is 0 Å². The molecule has 0 atom stereocenters. The summed E-state index contributed by atoms with van der Waals surface area (Å²) in [5.41, 5.74) is 0. The van der Waals surface area contributed by atoms with Gasteiger partial charge in [0.2, 0.25) is 0 Å². The van der Waals surface area contributed by atoms with E-state index in [4.69, 9.17) is 0 Å². The van der Waals surface area contributed by atoms with Gasteiger partial charge in [-0.05, 0) is 20.3 Å². The summed E-state index contributed by atoms with van der Waals surface area (Å²) in [5.74, 6) is 0. The van der Waals surface area contributed by atoms with Crippen molar-refractivity contribution in [2.75, 3.05) is 6.54 Å². The molecule has 0 aliphatic heterocycles. The lowest BCUT2D eigenvalue weighted by Crippen LogP contribution is -2.25. The Hall–Kier alpha value is -0.530. The maximum absolute atomic E-state index is 3.91. The van der Waals surface area contributed by atoms with Gasteiger partial charge in [-0.15, -0.1) is 0 Å². The predicted octanol–water partition coefficient (Wildman–Crippen LogP) is 2.11. The van der Waals surface area contributed by atoms with Crippen molar-refractivity contribution >= 4 is 6.72 Å². The molecule has 2 nitrogen and oxygen atoms in total. The molecule has 0 rings (SSSR count). The monoisotopic (exact) mass is 142 g/mol. The van der Waals surface area contributed by atoms with E-state index in [1.165, 1.54) is 12.8 Å². The fourth-order valence-corrected chi connectivity index (χ4v) is 0.812. The minimum Gasteiger partial charge on any atom is -0.295 e. The molecule has 0 saturated heterocycles. The minimum atomic E-state index is 0.490. The zero-order valence-corrected chi connectivity index (χ0v) is 7.30. The van der Waals surface area contributed by atoms with Gasteiger partial charge in [0.25, 0.3) is 0 Å². The van der Waals surface area contributed by atoms with E-state index in [0.717, 1.165) is 6.54 Å². The van der Waals surface area contributed by atoms with Crippen LogP contribution in [0.4, 0.5) is 0 Å². The Bertz CT molecular complexity index is 89.3. The molecule has 0 N–H and O–H groups in total. The topological polar surface area (TPSA) is 15.6 Å². The zero-order valence-electron chi connectivity index (χ0n) is 7.30. The first kappa shape index (κ1) is 9.47. The summed E-state index contributed by atoms with van der Waals surface area (Å²) < 4.78 is 0. The molecular weight excluding hydrogens is 124 g/mol. The largest absolute Gasteiger partial charge is 0.295 e. The quantitative estimate of drug-likeness (QED) is 0.424. The van der Waals surface area contributed by atoms with Crippen LogP contribution < -0.4 is 0 Å². The Balaban J connectivity index is 3.50. The Kier molecular flexibility index (Phi) is 4.99. The summed E-state index contributed by atoms with van der Waals surface area (Å²) in [7, 11) is 0. The van der Waals surface area contributed by atoms with Gasteiger partial charge in [-0.3, -0.25) is 5.01 Å². The zero-order chi connectivity index (χ0) is 7.98. The van der Waals surface area contributed by atoms with E-state index in [0.29, 0.717) is 6.04 Å². The Morgan fingerprint density at radius 3 is 2.40 bits per heavy atom. The second-order valence-electron chi connectivity index (χ2n) is 2.75. The van der Waals surface area contributed by atoms with Gasteiger partial charge in [-0.1, -0.05) is 13.3 Å². The number of hydrogen-bond acceptors (Lipinski definition) is 2. The van der Waals surface area contributed by atoms with Crippen LogP contribution in [0, 0.1) is 0 Å². The van der Waals surface area contributed by atoms with Crippen molar-refractivity contribution in [3.63, 3.8) is 0 Å². The average Bonchev–Trinajstić information content (AvgIpc) is 1.89. The lowest BCUT2D eigenvalue weighted by Gasteiger charge is -2.21. The van der Waals surface area contributed by atoms with Gasteiger partial charge < -0.3 is 0 Å². The number of hydrogen-bond donors (Lipinski definition) is 0. The van der Waals surface area contributed by atoms with E-state index in [1.807, 2.05) is 5.01 Å². The van der Waals surface area contributed by atoms with E-state index < -0.39 is 0 Å². The molecule has 0 aliphatic carbocycles. The van der Waals surface area contributed by atoms with Crippen LogP contribution in [0.2, 0.25) is 0 Å². The molecule has 0 bridgehead atoms. The van der Waals surface area contributed by atoms with Crippen LogP contribution in [-0.4, -0.2) is 24.3 Å². The van der Waals surface area contributed by atoms with Gasteiger partial charge in [0, 0.05) is 19.3 Å². The third-order valence-corrected chi connectivity index (χ3v) is 1.52. The SMILES string of the molecule is C=NN(CCCC)C(C)C. The maximum atomic E-state index is 3.91. The third-order valence-electron chi connectivity index (χ3n) is 1.52. The van der Waals surface area contributed by atoms with Crippen LogP contribution in [0.15, 0.2) is 5.10 Å². The summed E-state index contributed by atoms with van der Waals surface area (Å²) in [4.78, 5) is 0. The van der Waals surface area contributed by atoms with Crippen LogP contribution >= 0.6 is 0 Å². The highest BCUT2D eigenvalue weighted by Crippen LogP contribution is 2.00. The van der Waals surface area contributed by atoms with Gasteiger partial charge in [-0.2, -0.15) is 5.10 Å². The molecule has 0 aromatic carbocycles. The van der Waals surface area contributed by atoms with Crippen LogP contribution in [0.25, 0.3) is 0 Å². The van der Waals surface area contributed by atoms with Crippen LogP contribution in [0.3, 0.4) is 0 Å². The summed E-state index contributed by atoms with van der Waals surface area (Å²) in [6, 6.07) is 0.490. The number of hydrazone groups is 1. The summed E-state index contributed by atoms with van der Waals surface area (Å²) in [5, 5.41) is 5.93. The summed E-state index contributed by atoms with van der Waals surface area (Å²) >= 11 is 0. The highest BCUT2D eigenvalue weighted by molar-refractivity contribution is 5.22. The molecule has 0 radical (unpaired) electrons. The number of nitrogens with zero attached hydrogens (tertiary/aromatic N) is 2. The summed E-state index contributed by atoms with van der Waals surface area (Å²) in [6.45, 7) is 11.0. The molecule has 0 heterocycles. The Morgan fingerprint density at radius 2 is 2.10 bits per heavy atom. The van der Waals surface area contributed by atoms with Crippen LogP contribution in [0.1, 0.15) is 33.6 Å². The first-order valence-electron chi connectivity index (χ1n) is 3.95. The van der Waals surface area contributed by atoms with Gasteiger partial charge >= 0.3 is 0 Å². The van der Waals surface area contributed by atoms with Crippen molar-refractivity contribution in [1.82, 2.24) is 5.01 Å². The van der Waals surface area contributed by atoms with E-state index in [9.17, 15) is 0 Å². The molecule has 2 heteroatoms. The lowest BCUT2D eigenvalue weighted by molar-refractivity contribution is 0.231. The molecule has 60 valence electrons.